The summed E-state index contributed by atoms with van der Waals surface area (Å²) in [7, 11) is 2.11. The molecule has 160 valence electrons. The molecule has 0 saturated carbocycles. The lowest BCUT2D eigenvalue weighted by molar-refractivity contribution is -0.139. The molecule has 2 N–H and O–H groups in total. The third-order valence-electron chi connectivity index (χ3n) is 5.50. The maximum atomic E-state index is 12.4. The maximum absolute atomic E-state index is 12.4. The molecule has 1 saturated heterocycles. The number of hydrogen-bond acceptors (Lipinski definition) is 4. The fourth-order valence-electron chi connectivity index (χ4n) is 3.55. The maximum Gasteiger partial charge on any atom is 0.309 e. The van der Waals surface area contributed by atoms with Crippen LogP contribution in [0.1, 0.15) is 22.7 Å². The smallest absolute Gasteiger partial charge is 0.309 e. The first-order chi connectivity index (χ1) is 14.4. The molecule has 0 aliphatic carbocycles. The molecule has 30 heavy (non-hydrogen) atoms. The SMILES string of the molecule is Cc1ccc(C(CNC(=O)C(=O)NCc2ccccc2Cl)N2CCN(C)CC2)cc1. The monoisotopic (exact) mass is 428 g/mol. The summed E-state index contributed by atoms with van der Waals surface area (Å²) < 4.78 is 0. The van der Waals surface area contributed by atoms with Crippen LogP contribution in [0.25, 0.3) is 0 Å². The van der Waals surface area contributed by atoms with Crippen molar-refractivity contribution in [3.8, 4) is 0 Å². The van der Waals surface area contributed by atoms with Gasteiger partial charge in [0.15, 0.2) is 0 Å². The molecule has 1 aliphatic rings. The normalized spacial score (nSPS) is 16.1. The van der Waals surface area contributed by atoms with Gasteiger partial charge in [0.1, 0.15) is 0 Å². The lowest BCUT2D eigenvalue weighted by atomic mass is 10.0. The Balaban J connectivity index is 1.59. The van der Waals surface area contributed by atoms with E-state index in [1.54, 1.807) is 6.07 Å². The average molecular weight is 429 g/mol. The van der Waals surface area contributed by atoms with Crippen LogP contribution in [0.5, 0.6) is 0 Å². The predicted molar refractivity (Wildman–Crippen MR) is 119 cm³/mol. The molecule has 1 aliphatic heterocycles. The van der Waals surface area contributed by atoms with Crippen LogP contribution in [0.2, 0.25) is 5.02 Å². The summed E-state index contributed by atoms with van der Waals surface area (Å²) in [6.07, 6.45) is 0. The van der Waals surface area contributed by atoms with Crippen molar-refractivity contribution in [3.05, 3.63) is 70.2 Å². The predicted octanol–water partition coefficient (Wildman–Crippen LogP) is 2.37. The van der Waals surface area contributed by atoms with E-state index in [1.807, 2.05) is 18.2 Å². The number of halogens is 1. The molecule has 0 radical (unpaired) electrons. The second-order valence-electron chi connectivity index (χ2n) is 7.75. The fraction of sp³-hybridized carbons (Fsp3) is 0.391. The van der Waals surface area contributed by atoms with Gasteiger partial charge in [0.05, 0.1) is 6.04 Å². The van der Waals surface area contributed by atoms with Crippen molar-refractivity contribution in [2.24, 2.45) is 0 Å². The van der Waals surface area contributed by atoms with Gasteiger partial charge in [-0.05, 0) is 31.2 Å². The number of nitrogens with zero attached hydrogens (tertiary/aromatic N) is 2. The highest BCUT2D eigenvalue weighted by atomic mass is 35.5. The minimum atomic E-state index is -0.657. The number of rotatable bonds is 6. The minimum absolute atomic E-state index is 0.0274. The van der Waals surface area contributed by atoms with E-state index in [2.05, 4.69) is 58.7 Å². The first-order valence-electron chi connectivity index (χ1n) is 10.2. The zero-order valence-corrected chi connectivity index (χ0v) is 18.3. The van der Waals surface area contributed by atoms with E-state index in [1.165, 1.54) is 5.56 Å². The third kappa shape index (κ3) is 6.05. The summed E-state index contributed by atoms with van der Waals surface area (Å²) in [6.45, 7) is 6.45. The van der Waals surface area contributed by atoms with E-state index >= 15 is 0 Å². The van der Waals surface area contributed by atoms with Gasteiger partial charge in [-0.2, -0.15) is 0 Å². The fourth-order valence-corrected chi connectivity index (χ4v) is 3.75. The zero-order valence-electron chi connectivity index (χ0n) is 17.5. The Bertz CT molecular complexity index is 864. The van der Waals surface area contributed by atoms with Crippen LogP contribution in [-0.2, 0) is 16.1 Å². The molecule has 0 aromatic heterocycles. The molecule has 2 aromatic rings. The number of carbonyl (C=O) groups is 2. The van der Waals surface area contributed by atoms with Crippen LogP contribution in [0.4, 0.5) is 0 Å². The van der Waals surface area contributed by atoms with Gasteiger partial charge in [0, 0.05) is 44.3 Å². The van der Waals surface area contributed by atoms with Crippen molar-refractivity contribution in [2.45, 2.75) is 19.5 Å². The molecule has 1 heterocycles. The summed E-state index contributed by atoms with van der Waals surface area (Å²) in [5.41, 5.74) is 3.11. The van der Waals surface area contributed by atoms with E-state index in [0.717, 1.165) is 37.3 Å². The van der Waals surface area contributed by atoms with Gasteiger partial charge in [0.2, 0.25) is 0 Å². The Morgan fingerprint density at radius 3 is 2.27 bits per heavy atom. The summed E-state index contributed by atoms with van der Waals surface area (Å²) in [5.74, 6) is -1.29. The van der Waals surface area contributed by atoms with Crippen molar-refractivity contribution in [2.75, 3.05) is 39.8 Å². The number of carbonyl (C=O) groups excluding carboxylic acids is 2. The Morgan fingerprint density at radius 2 is 1.60 bits per heavy atom. The largest absolute Gasteiger partial charge is 0.346 e. The van der Waals surface area contributed by atoms with Crippen LogP contribution in [0.15, 0.2) is 48.5 Å². The second kappa shape index (κ2) is 10.6. The Labute approximate surface area is 183 Å². The highest BCUT2D eigenvalue weighted by Crippen LogP contribution is 2.22. The second-order valence-corrected chi connectivity index (χ2v) is 8.16. The van der Waals surface area contributed by atoms with Crippen molar-refractivity contribution >= 4 is 23.4 Å². The van der Waals surface area contributed by atoms with Crippen LogP contribution >= 0.6 is 11.6 Å². The van der Waals surface area contributed by atoms with Crippen molar-refractivity contribution in [1.82, 2.24) is 20.4 Å². The number of nitrogens with one attached hydrogen (secondary N) is 2. The van der Waals surface area contributed by atoms with Crippen LogP contribution < -0.4 is 10.6 Å². The van der Waals surface area contributed by atoms with Crippen LogP contribution in [-0.4, -0.2) is 61.4 Å². The molecule has 1 unspecified atom stereocenters. The van der Waals surface area contributed by atoms with Crippen molar-refractivity contribution in [1.29, 1.82) is 0 Å². The lowest BCUT2D eigenvalue weighted by Gasteiger charge is -2.38. The van der Waals surface area contributed by atoms with E-state index in [9.17, 15) is 9.59 Å². The molecule has 3 rings (SSSR count). The Morgan fingerprint density at radius 1 is 0.967 bits per heavy atom. The number of hydrogen-bond donors (Lipinski definition) is 2. The summed E-state index contributed by atoms with van der Waals surface area (Å²) in [4.78, 5) is 29.3. The van der Waals surface area contributed by atoms with Gasteiger partial charge < -0.3 is 15.5 Å². The van der Waals surface area contributed by atoms with Crippen LogP contribution in [0, 0.1) is 6.92 Å². The average Bonchev–Trinajstić information content (AvgIpc) is 2.75. The Hall–Kier alpha value is -2.41. The molecular formula is C23H29ClN4O2. The molecule has 0 spiro atoms. The van der Waals surface area contributed by atoms with Gasteiger partial charge in [-0.15, -0.1) is 0 Å². The first kappa shape index (κ1) is 22.3. The number of piperazine rings is 1. The summed E-state index contributed by atoms with van der Waals surface area (Å²) in [6, 6.07) is 15.6. The van der Waals surface area contributed by atoms with Crippen LogP contribution in [0.3, 0.4) is 0 Å². The van der Waals surface area contributed by atoms with E-state index in [4.69, 9.17) is 11.6 Å². The quantitative estimate of drug-likeness (QED) is 0.693. The topological polar surface area (TPSA) is 64.7 Å². The highest BCUT2D eigenvalue weighted by Gasteiger charge is 2.25. The third-order valence-corrected chi connectivity index (χ3v) is 5.87. The molecule has 6 nitrogen and oxygen atoms in total. The van der Waals surface area contributed by atoms with Gasteiger partial charge in [-0.3, -0.25) is 14.5 Å². The van der Waals surface area contributed by atoms with Gasteiger partial charge in [0.25, 0.3) is 0 Å². The Kier molecular flexibility index (Phi) is 7.85. The van der Waals surface area contributed by atoms with Gasteiger partial charge in [-0.25, -0.2) is 0 Å². The number of benzene rings is 2. The molecule has 2 aromatic carbocycles. The van der Waals surface area contributed by atoms with Gasteiger partial charge in [-0.1, -0.05) is 59.6 Å². The zero-order chi connectivity index (χ0) is 21.5. The first-order valence-corrected chi connectivity index (χ1v) is 10.6. The van der Waals surface area contributed by atoms with Crippen molar-refractivity contribution < 1.29 is 9.59 Å². The van der Waals surface area contributed by atoms with E-state index in [0.29, 0.717) is 11.6 Å². The van der Waals surface area contributed by atoms with Gasteiger partial charge >= 0.3 is 11.8 Å². The molecule has 0 bridgehead atoms. The number of amides is 2. The molecule has 1 fully saturated rings. The number of likely N-dealkylation sites (N-methyl/N-ethyl adjacent to an activating group) is 1. The molecule has 2 amide bonds. The van der Waals surface area contributed by atoms with Crippen molar-refractivity contribution in [3.63, 3.8) is 0 Å². The van der Waals surface area contributed by atoms with E-state index < -0.39 is 11.8 Å². The minimum Gasteiger partial charge on any atom is -0.346 e. The molecular weight excluding hydrogens is 400 g/mol. The number of aryl methyl sites for hydroxylation is 1. The molecule has 7 heteroatoms. The highest BCUT2D eigenvalue weighted by molar-refractivity contribution is 6.35. The summed E-state index contributed by atoms with van der Waals surface area (Å²) >= 11 is 6.10. The van der Waals surface area contributed by atoms with E-state index in [-0.39, 0.29) is 12.6 Å². The standard InChI is InChI=1S/C23H29ClN4O2/c1-17-7-9-18(10-8-17)21(28-13-11-27(2)12-14-28)16-26-23(30)22(29)25-15-19-5-3-4-6-20(19)24/h3-10,21H,11-16H2,1-2H3,(H,25,29)(H,26,30). The summed E-state index contributed by atoms with van der Waals surface area (Å²) in [5, 5.41) is 6.02. The lowest BCUT2D eigenvalue weighted by Crippen LogP contribution is -2.49. The molecule has 1 atom stereocenters.